The van der Waals surface area contributed by atoms with Crippen molar-refractivity contribution in [1.82, 2.24) is 0 Å². The lowest BCUT2D eigenvalue weighted by molar-refractivity contribution is -0.143. The number of hydrogen-bond acceptors (Lipinski definition) is 2. The van der Waals surface area contributed by atoms with Gasteiger partial charge in [0.15, 0.2) is 0 Å². The second kappa shape index (κ2) is 4.06. The SMILES string of the molecule is Cc1cc(O)cc(C)c1C1(C(=O)O)CCCC1. The molecule has 1 aliphatic carbocycles. The number of carbonyl (C=O) groups is 1. The van der Waals surface area contributed by atoms with Crippen LogP contribution in [0.3, 0.4) is 0 Å². The maximum atomic E-state index is 11.7. The van der Waals surface area contributed by atoms with E-state index in [0.717, 1.165) is 29.5 Å². The molecule has 0 unspecified atom stereocenters. The monoisotopic (exact) mass is 234 g/mol. The molecule has 17 heavy (non-hydrogen) atoms. The fourth-order valence-corrected chi connectivity index (χ4v) is 3.24. The van der Waals surface area contributed by atoms with Gasteiger partial charge in [0, 0.05) is 0 Å². The highest BCUT2D eigenvalue weighted by Gasteiger charge is 2.44. The van der Waals surface area contributed by atoms with Crippen molar-refractivity contribution in [3.8, 4) is 5.75 Å². The lowest BCUT2D eigenvalue weighted by Crippen LogP contribution is -2.34. The Hall–Kier alpha value is -1.51. The molecule has 1 aromatic rings. The van der Waals surface area contributed by atoms with Crippen LogP contribution in [-0.2, 0) is 10.2 Å². The van der Waals surface area contributed by atoms with E-state index < -0.39 is 11.4 Å². The van der Waals surface area contributed by atoms with E-state index in [-0.39, 0.29) is 5.75 Å². The summed E-state index contributed by atoms with van der Waals surface area (Å²) < 4.78 is 0. The number of aliphatic carboxylic acids is 1. The highest BCUT2D eigenvalue weighted by molar-refractivity contribution is 5.83. The van der Waals surface area contributed by atoms with Crippen LogP contribution in [0.25, 0.3) is 0 Å². The van der Waals surface area contributed by atoms with E-state index in [2.05, 4.69) is 0 Å². The molecule has 0 atom stereocenters. The zero-order chi connectivity index (χ0) is 12.6. The first-order valence-electron chi connectivity index (χ1n) is 6.01. The number of benzene rings is 1. The number of carboxylic acid groups (broad SMARTS) is 1. The first-order valence-corrected chi connectivity index (χ1v) is 6.01. The van der Waals surface area contributed by atoms with E-state index in [9.17, 15) is 15.0 Å². The van der Waals surface area contributed by atoms with Crippen LogP contribution in [0.1, 0.15) is 42.4 Å². The van der Waals surface area contributed by atoms with Crippen LogP contribution in [0.2, 0.25) is 0 Å². The zero-order valence-electron chi connectivity index (χ0n) is 10.3. The van der Waals surface area contributed by atoms with Gasteiger partial charge in [-0.1, -0.05) is 12.8 Å². The maximum absolute atomic E-state index is 11.7. The van der Waals surface area contributed by atoms with Crippen molar-refractivity contribution in [3.63, 3.8) is 0 Å². The normalized spacial score (nSPS) is 18.2. The second-order valence-electron chi connectivity index (χ2n) is 5.05. The molecule has 92 valence electrons. The van der Waals surface area contributed by atoms with Crippen molar-refractivity contribution in [1.29, 1.82) is 0 Å². The van der Waals surface area contributed by atoms with Gasteiger partial charge in [0.2, 0.25) is 0 Å². The standard InChI is InChI=1S/C14H18O3/c1-9-7-11(15)8-10(2)12(9)14(13(16)17)5-3-4-6-14/h7-8,15H,3-6H2,1-2H3,(H,16,17). The molecular formula is C14H18O3. The molecular weight excluding hydrogens is 216 g/mol. The Morgan fingerprint density at radius 1 is 1.18 bits per heavy atom. The van der Waals surface area contributed by atoms with Gasteiger partial charge < -0.3 is 10.2 Å². The summed E-state index contributed by atoms with van der Waals surface area (Å²) in [5, 5.41) is 19.1. The first kappa shape index (κ1) is 12.0. The molecule has 0 amide bonds. The summed E-state index contributed by atoms with van der Waals surface area (Å²) in [4.78, 5) is 11.7. The third-order valence-electron chi connectivity index (χ3n) is 3.86. The summed E-state index contributed by atoms with van der Waals surface area (Å²) in [7, 11) is 0. The Bertz CT molecular complexity index is 434. The van der Waals surface area contributed by atoms with Crippen molar-refractivity contribution in [2.75, 3.05) is 0 Å². The molecule has 0 radical (unpaired) electrons. The van der Waals surface area contributed by atoms with Gasteiger partial charge in [0.25, 0.3) is 0 Å². The van der Waals surface area contributed by atoms with E-state index >= 15 is 0 Å². The minimum absolute atomic E-state index is 0.210. The number of carboxylic acids is 1. The Balaban J connectivity index is 2.62. The van der Waals surface area contributed by atoms with Crippen molar-refractivity contribution in [2.24, 2.45) is 0 Å². The van der Waals surface area contributed by atoms with Crippen LogP contribution in [0.15, 0.2) is 12.1 Å². The number of aryl methyl sites for hydroxylation is 2. The van der Waals surface area contributed by atoms with Crippen molar-refractivity contribution in [2.45, 2.75) is 44.9 Å². The van der Waals surface area contributed by atoms with Gasteiger partial charge in [-0.15, -0.1) is 0 Å². The molecule has 1 aliphatic rings. The second-order valence-corrected chi connectivity index (χ2v) is 5.05. The number of phenols is 1. The summed E-state index contributed by atoms with van der Waals surface area (Å²) >= 11 is 0. The molecule has 0 aromatic heterocycles. The van der Waals surface area contributed by atoms with Gasteiger partial charge in [-0.2, -0.15) is 0 Å². The molecule has 1 fully saturated rings. The Labute approximate surface area is 101 Å². The topological polar surface area (TPSA) is 57.5 Å². The van der Waals surface area contributed by atoms with Gasteiger partial charge in [0.1, 0.15) is 5.75 Å². The summed E-state index contributed by atoms with van der Waals surface area (Å²) in [5.74, 6) is -0.519. The molecule has 1 aromatic carbocycles. The Morgan fingerprint density at radius 3 is 2.06 bits per heavy atom. The predicted octanol–water partition coefficient (Wildman–Crippen LogP) is 2.91. The Kier molecular flexibility index (Phi) is 2.86. The average molecular weight is 234 g/mol. The van der Waals surface area contributed by atoms with E-state index in [1.54, 1.807) is 12.1 Å². The highest BCUT2D eigenvalue weighted by atomic mass is 16.4. The average Bonchev–Trinajstić information content (AvgIpc) is 2.66. The van der Waals surface area contributed by atoms with Crippen LogP contribution in [0.5, 0.6) is 5.75 Å². The van der Waals surface area contributed by atoms with Gasteiger partial charge in [-0.05, 0) is 55.5 Å². The molecule has 0 aliphatic heterocycles. The number of hydrogen-bond donors (Lipinski definition) is 2. The number of rotatable bonds is 2. The lowest BCUT2D eigenvalue weighted by Gasteiger charge is -2.28. The van der Waals surface area contributed by atoms with Crippen LogP contribution in [-0.4, -0.2) is 16.2 Å². The molecule has 3 nitrogen and oxygen atoms in total. The molecule has 3 heteroatoms. The largest absolute Gasteiger partial charge is 0.508 e. The minimum Gasteiger partial charge on any atom is -0.508 e. The molecule has 2 rings (SSSR count). The summed E-state index contributed by atoms with van der Waals surface area (Å²) in [6, 6.07) is 3.32. The zero-order valence-corrected chi connectivity index (χ0v) is 10.3. The maximum Gasteiger partial charge on any atom is 0.314 e. The van der Waals surface area contributed by atoms with E-state index in [1.807, 2.05) is 13.8 Å². The molecule has 1 saturated carbocycles. The lowest BCUT2D eigenvalue weighted by atomic mass is 9.75. The summed E-state index contributed by atoms with van der Waals surface area (Å²) in [5.41, 5.74) is 1.93. The van der Waals surface area contributed by atoms with Crippen LogP contribution < -0.4 is 0 Å². The number of phenolic OH excluding ortho intramolecular Hbond substituents is 1. The van der Waals surface area contributed by atoms with Gasteiger partial charge in [-0.3, -0.25) is 4.79 Å². The third kappa shape index (κ3) is 1.79. The van der Waals surface area contributed by atoms with Crippen LogP contribution in [0.4, 0.5) is 0 Å². The van der Waals surface area contributed by atoms with Crippen LogP contribution in [0, 0.1) is 13.8 Å². The van der Waals surface area contributed by atoms with Gasteiger partial charge in [-0.25, -0.2) is 0 Å². The van der Waals surface area contributed by atoms with E-state index in [1.165, 1.54) is 0 Å². The fourth-order valence-electron chi connectivity index (χ4n) is 3.24. The molecule has 0 heterocycles. The number of aromatic hydroxyl groups is 1. The molecule has 2 N–H and O–H groups in total. The predicted molar refractivity (Wildman–Crippen MR) is 65.4 cm³/mol. The van der Waals surface area contributed by atoms with Crippen molar-refractivity contribution in [3.05, 3.63) is 28.8 Å². The van der Waals surface area contributed by atoms with Crippen molar-refractivity contribution < 1.29 is 15.0 Å². The smallest absolute Gasteiger partial charge is 0.314 e. The van der Waals surface area contributed by atoms with E-state index in [4.69, 9.17) is 0 Å². The van der Waals surface area contributed by atoms with Crippen molar-refractivity contribution >= 4 is 5.97 Å². The summed E-state index contributed by atoms with van der Waals surface area (Å²) in [6.45, 7) is 3.76. The molecule has 0 spiro atoms. The minimum atomic E-state index is -0.734. The summed E-state index contributed by atoms with van der Waals surface area (Å²) in [6.07, 6.45) is 3.34. The quantitative estimate of drug-likeness (QED) is 0.827. The fraction of sp³-hybridized carbons (Fsp3) is 0.500. The van der Waals surface area contributed by atoms with Gasteiger partial charge >= 0.3 is 5.97 Å². The molecule has 0 saturated heterocycles. The Morgan fingerprint density at radius 2 is 1.65 bits per heavy atom. The molecule has 0 bridgehead atoms. The van der Waals surface area contributed by atoms with Gasteiger partial charge in [0.05, 0.1) is 5.41 Å². The van der Waals surface area contributed by atoms with E-state index in [0.29, 0.717) is 12.8 Å². The van der Waals surface area contributed by atoms with Crippen LogP contribution >= 0.6 is 0 Å². The third-order valence-corrected chi connectivity index (χ3v) is 3.86. The highest BCUT2D eigenvalue weighted by Crippen LogP contribution is 2.44. The first-order chi connectivity index (χ1) is 7.97.